The second kappa shape index (κ2) is 7.00. The molecule has 126 valence electrons. The lowest BCUT2D eigenvalue weighted by molar-refractivity contribution is 0.143. The monoisotopic (exact) mass is 316 g/mol. The number of aliphatic imine (C=N–C) groups is 1. The molecule has 2 rings (SSSR count). The number of guanidine groups is 1. The van der Waals surface area contributed by atoms with Crippen molar-refractivity contribution in [3.8, 4) is 0 Å². The lowest BCUT2D eigenvalue weighted by atomic mass is 9.84. The molecule has 2 unspecified atom stereocenters. The molecule has 1 aliphatic heterocycles. The predicted octanol–water partition coefficient (Wildman–Crippen LogP) is 1.70. The van der Waals surface area contributed by atoms with Gasteiger partial charge in [-0.1, -0.05) is 12.1 Å². The third-order valence-electron chi connectivity index (χ3n) is 4.69. The number of piperidine rings is 1. The summed E-state index contributed by atoms with van der Waals surface area (Å²) in [6.07, 6.45) is 3.76. The summed E-state index contributed by atoms with van der Waals surface area (Å²) < 4.78 is 0. The van der Waals surface area contributed by atoms with Gasteiger partial charge in [0.25, 0.3) is 0 Å². The molecule has 2 atom stereocenters. The third kappa shape index (κ3) is 3.64. The van der Waals surface area contributed by atoms with E-state index in [0.717, 1.165) is 31.4 Å². The van der Waals surface area contributed by atoms with Crippen LogP contribution in [0, 0.1) is 5.41 Å². The largest absolute Gasteiger partial charge is 0.385 e. The summed E-state index contributed by atoms with van der Waals surface area (Å²) in [6, 6.07) is 8.13. The highest BCUT2D eigenvalue weighted by Gasteiger charge is 2.42. The van der Waals surface area contributed by atoms with Crippen LogP contribution in [0.25, 0.3) is 0 Å². The first-order valence-electron chi connectivity index (χ1n) is 8.15. The Morgan fingerprint density at radius 3 is 2.57 bits per heavy atom. The Hall–Kier alpha value is -2.08. The highest BCUT2D eigenvalue weighted by Crippen LogP contribution is 2.32. The van der Waals surface area contributed by atoms with Crippen LogP contribution in [-0.4, -0.2) is 34.8 Å². The van der Waals surface area contributed by atoms with Gasteiger partial charge in [0.05, 0.1) is 11.2 Å². The summed E-state index contributed by atoms with van der Waals surface area (Å²) in [6.45, 7) is 4.73. The van der Waals surface area contributed by atoms with Crippen molar-refractivity contribution in [2.45, 2.75) is 51.1 Å². The number of hydrogen-bond acceptors (Lipinski definition) is 3. The van der Waals surface area contributed by atoms with Crippen molar-refractivity contribution in [1.82, 2.24) is 4.90 Å². The molecule has 1 heterocycles. The van der Waals surface area contributed by atoms with Gasteiger partial charge in [-0.2, -0.15) is 0 Å². The summed E-state index contributed by atoms with van der Waals surface area (Å²) in [7, 11) is 0. The SMILES string of the molecule is CC1CCCC(C)(C(N)=Nc2ccc(CCN)cc2)N1C(=N)N. The minimum absolute atomic E-state index is 0.0520. The van der Waals surface area contributed by atoms with Crippen molar-refractivity contribution in [3.63, 3.8) is 0 Å². The van der Waals surface area contributed by atoms with Gasteiger partial charge < -0.3 is 22.1 Å². The zero-order valence-electron chi connectivity index (χ0n) is 14.0. The third-order valence-corrected chi connectivity index (χ3v) is 4.69. The van der Waals surface area contributed by atoms with Crippen molar-refractivity contribution < 1.29 is 0 Å². The average molecular weight is 316 g/mol. The van der Waals surface area contributed by atoms with Gasteiger partial charge in [-0.05, 0) is 63.8 Å². The quantitative estimate of drug-likeness (QED) is 0.499. The van der Waals surface area contributed by atoms with E-state index in [1.165, 1.54) is 5.56 Å². The second-order valence-corrected chi connectivity index (χ2v) is 6.47. The van der Waals surface area contributed by atoms with Crippen LogP contribution in [0.15, 0.2) is 29.3 Å². The Bertz CT molecular complexity index is 579. The standard InChI is InChI=1S/C17H28N6/c1-12-4-3-10-17(2,23(12)16(20)21)15(19)22-14-7-5-13(6-8-14)9-11-18/h5-8,12H,3-4,9-11,18H2,1-2H3,(H2,19,22)(H3,20,21). The minimum atomic E-state index is -0.514. The number of nitrogens with one attached hydrogen (secondary N) is 1. The molecule has 1 saturated heterocycles. The van der Waals surface area contributed by atoms with Crippen LogP contribution in [0.2, 0.25) is 0 Å². The van der Waals surface area contributed by atoms with Crippen LogP contribution in [0.3, 0.4) is 0 Å². The average Bonchev–Trinajstić information content (AvgIpc) is 2.49. The number of rotatable bonds is 4. The van der Waals surface area contributed by atoms with Crippen LogP contribution >= 0.6 is 0 Å². The summed E-state index contributed by atoms with van der Waals surface area (Å²) in [4.78, 5) is 6.48. The summed E-state index contributed by atoms with van der Waals surface area (Å²) in [5.41, 5.74) is 19.2. The molecule has 0 spiro atoms. The molecule has 0 radical (unpaired) electrons. The Labute approximate surface area is 138 Å². The number of benzene rings is 1. The van der Waals surface area contributed by atoms with Gasteiger partial charge in [-0.3, -0.25) is 5.41 Å². The molecule has 6 heteroatoms. The maximum absolute atomic E-state index is 7.90. The van der Waals surface area contributed by atoms with Crippen molar-refractivity contribution in [3.05, 3.63) is 29.8 Å². The first-order chi connectivity index (χ1) is 10.9. The maximum Gasteiger partial charge on any atom is 0.189 e. The number of likely N-dealkylation sites (tertiary alicyclic amines) is 1. The Morgan fingerprint density at radius 2 is 2.00 bits per heavy atom. The number of nitrogens with zero attached hydrogens (tertiary/aromatic N) is 2. The van der Waals surface area contributed by atoms with E-state index in [1.807, 2.05) is 36.1 Å². The zero-order chi connectivity index (χ0) is 17.0. The van der Waals surface area contributed by atoms with E-state index in [-0.39, 0.29) is 12.0 Å². The Kier molecular flexibility index (Phi) is 5.26. The fourth-order valence-corrected chi connectivity index (χ4v) is 3.40. The number of amidine groups is 1. The smallest absolute Gasteiger partial charge is 0.189 e. The van der Waals surface area contributed by atoms with E-state index in [4.69, 9.17) is 22.6 Å². The first kappa shape index (κ1) is 17.3. The summed E-state index contributed by atoms with van der Waals surface area (Å²) in [5, 5.41) is 7.90. The van der Waals surface area contributed by atoms with Gasteiger partial charge in [0, 0.05) is 6.04 Å². The summed E-state index contributed by atoms with van der Waals surface area (Å²) in [5.74, 6) is 0.557. The Balaban J connectivity index is 2.28. The van der Waals surface area contributed by atoms with E-state index in [1.54, 1.807) is 0 Å². The normalized spacial score (nSPS) is 25.4. The molecule has 0 amide bonds. The van der Waals surface area contributed by atoms with Gasteiger partial charge >= 0.3 is 0 Å². The van der Waals surface area contributed by atoms with Crippen molar-refractivity contribution >= 4 is 17.5 Å². The van der Waals surface area contributed by atoms with Gasteiger partial charge in [0.2, 0.25) is 0 Å². The van der Waals surface area contributed by atoms with Gasteiger partial charge in [0.15, 0.2) is 5.96 Å². The fourth-order valence-electron chi connectivity index (χ4n) is 3.40. The molecule has 1 aromatic rings. The molecule has 7 N–H and O–H groups in total. The topological polar surface area (TPSA) is 118 Å². The van der Waals surface area contributed by atoms with Crippen LogP contribution in [0.1, 0.15) is 38.7 Å². The van der Waals surface area contributed by atoms with Gasteiger partial charge in [-0.15, -0.1) is 0 Å². The molecule has 1 fully saturated rings. The van der Waals surface area contributed by atoms with Crippen LogP contribution in [0.4, 0.5) is 5.69 Å². The van der Waals surface area contributed by atoms with Gasteiger partial charge in [-0.25, -0.2) is 4.99 Å². The van der Waals surface area contributed by atoms with Crippen molar-refractivity contribution in [2.75, 3.05) is 6.54 Å². The highest BCUT2D eigenvalue weighted by atomic mass is 15.3. The molecular weight excluding hydrogens is 288 g/mol. The lowest BCUT2D eigenvalue weighted by Crippen LogP contribution is -2.64. The van der Waals surface area contributed by atoms with E-state index in [9.17, 15) is 0 Å². The molecule has 6 nitrogen and oxygen atoms in total. The van der Waals surface area contributed by atoms with E-state index < -0.39 is 5.54 Å². The molecular formula is C17H28N6. The fraction of sp³-hybridized carbons (Fsp3) is 0.529. The maximum atomic E-state index is 7.90. The van der Waals surface area contributed by atoms with Crippen LogP contribution < -0.4 is 17.2 Å². The van der Waals surface area contributed by atoms with Crippen LogP contribution in [-0.2, 0) is 6.42 Å². The van der Waals surface area contributed by atoms with Gasteiger partial charge in [0.1, 0.15) is 5.84 Å². The van der Waals surface area contributed by atoms with Crippen LogP contribution in [0.5, 0.6) is 0 Å². The minimum Gasteiger partial charge on any atom is -0.385 e. The molecule has 0 saturated carbocycles. The number of nitrogens with two attached hydrogens (primary N) is 3. The van der Waals surface area contributed by atoms with Crippen molar-refractivity contribution in [2.24, 2.45) is 22.2 Å². The zero-order valence-corrected chi connectivity index (χ0v) is 14.0. The highest BCUT2D eigenvalue weighted by molar-refractivity contribution is 5.95. The molecule has 0 aliphatic carbocycles. The lowest BCUT2D eigenvalue weighted by Gasteiger charge is -2.48. The summed E-state index contributed by atoms with van der Waals surface area (Å²) >= 11 is 0. The second-order valence-electron chi connectivity index (χ2n) is 6.47. The number of hydrogen-bond donors (Lipinski definition) is 4. The Morgan fingerprint density at radius 1 is 1.35 bits per heavy atom. The molecule has 0 aromatic heterocycles. The van der Waals surface area contributed by atoms with E-state index in [0.29, 0.717) is 12.4 Å². The molecule has 23 heavy (non-hydrogen) atoms. The molecule has 0 bridgehead atoms. The van der Waals surface area contributed by atoms with E-state index in [2.05, 4.69) is 11.9 Å². The van der Waals surface area contributed by atoms with E-state index >= 15 is 0 Å². The molecule has 1 aliphatic rings. The predicted molar refractivity (Wildman–Crippen MR) is 96.0 cm³/mol. The first-order valence-corrected chi connectivity index (χ1v) is 8.15. The molecule has 1 aromatic carbocycles. The van der Waals surface area contributed by atoms with Crippen molar-refractivity contribution in [1.29, 1.82) is 5.41 Å².